The monoisotopic (exact) mass is 316 g/mol. The van der Waals surface area contributed by atoms with Crippen LogP contribution in [0.15, 0.2) is 0 Å². The van der Waals surface area contributed by atoms with E-state index in [2.05, 4.69) is 5.32 Å². The second-order valence-corrected chi connectivity index (χ2v) is 8.84. The molecule has 0 aliphatic carbocycles. The van der Waals surface area contributed by atoms with Crippen molar-refractivity contribution in [1.29, 1.82) is 0 Å². The zero-order valence-corrected chi connectivity index (χ0v) is 13.5. The molecule has 0 saturated carbocycles. The number of hydrogen-bond donors (Lipinski definition) is 1. The molecule has 2 aliphatic heterocycles. The van der Waals surface area contributed by atoms with Crippen LogP contribution >= 0.6 is 0 Å². The predicted octanol–water partition coefficient (Wildman–Crippen LogP) is 0.0418. The maximum atomic E-state index is 12.1. The highest BCUT2D eigenvalue weighted by atomic mass is 32.2. The Morgan fingerprint density at radius 1 is 1.43 bits per heavy atom. The molecular formula is C14H24N2O4S. The van der Waals surface area contributed by atoms with Crippen LogP contribution in [0, 0.1) is 17.8 Å². The fourth-order valence-electron chi connectivity index (χ4n) is 2.99. The molecule has 2 saturated heterocycles. The zero-order chi connectivity index (χ0) is 15.6. The minimum Gasteiger partial charge on any atom is -0.355 e. The van der Waals surface area contributed by atoms with Gasteiger partial charge in [0.25, 0.3) is 0 Å². The number of nitrogens with one attached hydrogen (secondary N) is 1. The fraction of sp³-hybridized carbons (Fsp3) is 0.857. The Kier molecular flexibility index (Phi) is 4.91. The third-order valence-corrected chi connectivity index (χ3v) is 5.90. The van der Waals surface area contributed by atoms with Crippen molar-refractivity contribution in [2.75, 3.05) is 31.1 Å². The normalized spacial score (nSPS) is 28.3. The second kappa shape index (κ2) is 6.34. The van der Waals surface area contributed by atoms with E-state index in [9.17, 15) is 18.0 Å². The Bertz CT molecular complexity index is 515. The van der Waals surface area contributed by atoms with Crippen LogP contribution in [-0.4, -0.2) is 56.3 Å². The van der Waals surface area contributed by atoms with Gasteiger partial charge in [0.1, 0.15) is 0 Å². The third kappa shape index (κ3) is 4.43. The average Bonchev–Trinajstić information content (AvgIpc) is 2.90. The van der Waals surface area contributed by atoms with Crippen molar-refractivity contribution in [2.45, 2.75) is 26.7 Å². The minimum absolute atomic E-state index is 0.0165. The van der Waals surface area contributed by atoms with Gasteiger partial charge >= 0.3 is 0 Å². The van der Waals surface area contributed by atoms with Crippen LogP contribution in [-0.2, 0) is 19.4 Å². The van der Waals surface area contributed by atoms with E-state index in [4.69, 9.17) is 0 Å². The van der Waals surface area contributed by atoms with E-state index in [0.29, 0.717) is 32.0 Å². The summed E-state index contributed by atoms with van der Waals surface area (Å²) >= 11 is 0. The third-order valence-electron chi connectivity index (χ3n) is 4.06. The van der Waals surface area contributed by atoms with Gasteiger partial charge in [-0.15, -0.1) is 0 Å². The zero-order valence-electron chi connectivity index (χ0n) is 12.7. The fourth-order valence-corrected chi connectivity index (χ4v) is 4.85. The van der Waals surface area contributed by atoms with Gasteiger partial charge in [-0.2, -0.15) is 0 Å². The average molecular weight is 316 g/mol. The Morgan fingerprint density at radius 3 is 2.71 bits per heavy atom. The number of carbonyl (C=O) groups is 2. The molecule has 2 rings (SSSR count). The van der Waals surface area contributed by atoms with Gasteiger partial charge in [-0.25, -0.2) is 8.42 Å². The molecule has 7 heteroatoms. The Hall–Kier alpha value is -1.11. The molecule has 1 N–H and O–H groups in total. The molecular weight excluding hydrogens is 292 g/mol. The van der Waals surface area contributed by atoms with Crippen molar-refractivity contribution in [1.82, 2.24) is 10.2 Å². The second-order valence-electron chi connectivity index (χ2n) is 6.61. The van der Waals surface area contributed by atoms with Crippen LogP contribution in [0.2, 0.25) is 0 Å². The molecule has 120 valence electrons. The first-order chi connectivity index (χ1) is 9.77. The van der Waals surface area contributed by atoms with E-state index < -0.39 is 9.84 Å². The summed E-state index contributed by atoms with van der Waals surface area (Å²) in [4.78, 5) is 25.7. The summed E-state index contributed by atoms with van der Waals surface area (Å²) in [6, 6.07) is 0. The number of nitrogens with zero attached hydrogens (tertiary/aromatic N) is 1. The number of sulfone groups is 1. The lowest BCUT2D eigenvalue weighted by atomic mass is 10.1. The maximum Gasteiger partial charge on any atom is 0.225 e. The first kappa shape index (κ1) is 16.3. The molecule has 0 aromatic carbocycles. The van der Waals surface area contributed by atoms with Gasteiger partial charge in [-0.3, -0.25) is 9.59 Å². The largest absolute Gasteiger partial charge is 0.355 e. The van der Waals surface area contributed by atoms with Gasteiger partial charge in [0.05, 0.1) is 17.4 Å². The molecule has 21 heavy (non-hydrogen) atoms. The van der Waals surface area contributed by atoms with Crippen molar-refractivity contribution >= 4 is 21.7 Å². The van der Waals surface area contributed by atoms with Crippen molar-refractivity contribution in [2.24, 2.45) is 17.8 Å². The number of likely N-dealkylation sites (tertiary alicyclic amines) is 1. The molecule has 0 bridgehead atoms. The number of amides is 2. The SMILES string of the molecule is CC(C)CN1C[C@@H](C(=O)NC[C@H]2CCS(=O)(=O)C2)CC1=O. The van der Waals surface area contributed by atoms with Gasteiger partial charge in [0, 0.05) is 26.1 Å². The number of carbonyl (C=O) groups excluding carboxylic acids is 2. The summed E-state index contributed by atoms with van der Waals surface area (Å²) in [6.45, 7) is 5.64. The van der Waals surface area contributed by atoms with Gasteiger partial charge < -0.3 is 10.2 Å². The Morgan fingerprint density at radius 2 is 2.14 bits per heavy atom. The van der Waals surface area contributed by atoms with Crippen LogP contribution < -0.4 is 5.32 Å². The molecule has 0 aromatic rings. The highest BCUT2D eigenvalue weighted by Crippen LogP contribution is 2.20. The maximum absolute atomic E-state index is 12.1. The lowest BCUT2D eigenvalue weighted by Gasteiger charge is -2.19. The smallest absolute Gasteiger partial charge is 0.225 e. The molecule has 0 aromatic heterocycles. The summed E-state index contributed by atoms with van der Waals surface area (Å²) in [6.07, 6.45) is 0.882. The Labute approximate surface area is 126 Å². The van der Waals surface area contributed by atoms with Gasteiger partial charge in [0.2, 0.25) is 11.8 Å². The van der Waals surface area contributed by atoms with E-state index in [1.54, 1.807) is 4.90 Å². The quantitative estimate of drug-likeness (QED) is 0.776. The van der Waals surface area contributed by atoms with Crippen LogP contribution in [0.4, 0.5) is 0 Å². The van der Waals surface area contributed by atoms with Gasteiger partial charge in [-0.05, 0) is 18.3 Å². The van der Waals surface area contributed by atoms with Crippen molar-refractivity contribution in [3.05, 3.63) is 0 Å². The summed E-state index contributed by atoms with van der Waals surface area (Å²) in [5.74, 6) is 0.399. The van der Waals surface area contributed by atoms with E-state index in [1.807, 2.05) is 13.8 Å². The summed E-state index contributed by atoms with van der Waals surface area (Å²) < 4.78 is 22.7. The molecule has 2 aliphatic rings. The molecule has 2 atom stereocenters. The first-order valence-corrected chi connectivity index (χ1v) is 9.35. The van der Waals surface area contributed by atoms with E-state index >= 15 is 0 Å². The molecule has 2 amide bonds. The standard InChI is InChI=1S/C14H24N2O4S/c1-10(2)7-16-8-12(5-13(16)17)14(18)15-6-11-3-4-21(19,20)9-11/h10-12H,3-9H2,1-2H3,(H,15,18)/t11-,12+/m1/s1. The first-order valence-electron chi connectivity index (χ1n) is 7.52. The number of hydrogen-bond acceptors (Lipinski definition) is 4. The van der Waals surface area contributed by atoms with Crippen molar-refractivity contribution < 1.29 is 18.0 Å². The molecule has 0 radical (unpaired) electrons. The van der Waals surface area contributed by atoms with Crippen LogP contribution in [0.5, 0.6) is 0 Å². The predicted molar refractivity (Wildman–Crippen MR) is 79.3 cm³/mol. The molecule has 0 spiro atoms. The molecule has 0 unspecified atom stereocenters. The Balaban J connectivity index is 1.78. The van der Waals surface area contributed by atoms with E-state index in [-0.39, 0.29) is 41.6 Å². The number of rotatable bonds is 5. The highest BCUT2D eigenvalue weighted by Gasteiger charge is 2.35. The van der Waals surface area contributed by atoms with Crippen LogP contribution in [0.3, 0.4) is 0 Å². The summed E-state index contributed by atoms with van der Waals surface area (Å²) in [5.41, 5.74) is 0. The topological polar surface area (TPSA) is 83.6 Å². The van der Waals surface area contributed by atoms with Crippen molar-refractivity contribution in [3.63, 3.8) is 0 Å². The van der Waals surface area contributed by atoms with Crippen molar-refractivity contribution in [3.8, 4) is 0 Å². The summed E-state index contributed by atoms with van der Waals surface area (Å²) in [5, 5.41) is 2.82. The van der Waals surface area contributed by atoms with Gasteiger partial charge in [0.15, 0.2) is 9.84 Å². The summed E-state index contributed by atoms with van der Waals surface area (Å²) in [7, 11) is -2.91. The molecule has 2 fully saturated rings. The van der Waals surface area contributed by atoms with E-state index in [0.717, 1.165) is 0 Å². The lowest BCUT2D eigenvalue weighted by molar-refractivity contribution is -0.129. The highest BCUT2D eigenvalue weighted by molar-refractivity contribution is 7.91. The van der Waals surface area contributed by atoms with Crippen LogP contribution in [0.1, 0.15) is 26.7 Å². The van der Waals surface area contributed by atoms with Crippen LogP contribution in [0.25, 0.3) is 0 Å². The van der Waals surface area contributed by atoms with Gasteiger partial charge in [-0.1, -0.05) is 13.8 Å². The van der Waals surface area contributed by atoms with E-state index in [1.165, 1.54) is 0 Å². The molecule has 2 heterocycles. The molecule has 6 nitrogen and oxygen atoms in total. The minimum atomic E-state index is -2.91. The lowest BCUT2D eigenvalue weighted by Crippen LogP contribution is -2.36.